The Kier molecular flexibility index (Phi) is 3.56. The number of hydrogen-bond acceptors (Lipinski definition) is 3. The summed E-state index contributed by atoms with van der Waals surface area (Å²) in [5, 5.41) is 0. The summed E-state index contributed by atoms with van der Waals surface area (Å²) in [6, 6.07) is 9.73. The van der Waals surface area contributed by atoms with Crippen LogP contribution in [0.25, 0.3) is 0 Å². The fraction of sp³-hybridized carbons (Fsp3) is 0.562. The number of likely N-dealkylation sites (N-methyl/N-ethyl adjacent to an activating group) is 1. The Morgan fingerprint density at radius 1 is 1.29 bits per heavy atom. The molecular weight excluding hydrogens is 286 g/mol. The van der Waals surface area contributed by atoms with Crippen LogP contribution in [0.5, 0.6) is 0 Å². The molecule has 1 unspecified atom stereocenters. The van der Waals surface area contributed by atoms with Crippen LogP contribution in [-0.4, -0.2) is 43.3 Å². The van der Waals surface area contributed by atoms with Gasteiger partial charge in [-0.05, 0) is 31.7 Å². The Morgan fingerprint density at radius 2 is 1.95 bits per heavy atom. The van der Waals surface area contributed by atoms with Crippen molar-refractivity contribution < 1.29 is 13.2 Å². The minimum absolute atomic E-state index is 0.110. The summed E-state index contributed by atoms with van der Waals surface area (Å²) in [6.07, 6.45) is 2.31. The predicted molar refractivity (Wildman–Crippen MR) is 81.8 cm³/mol. The minimum atomic E-state index is -2.97. The number of hydrogen-bond donors (Lipinski definition) is 0. The molecule has 1 aliphatic carbocycles. The molecule has 3 rings (SSSR count). The average Bonchev–Trinajstić information content (AvgIpc) is 3.21. The zero-order chi connectivity index (χ0) is 15.1. The molecule has 2 fully saturated rings. The summed E-state index contributed by atoms with van der Waals surface area (Å²) < 4.78 is 23.4. The van der Waals surface area contributed by atoms with Crippen LogP contribution in [0.4, 0.5) is 0 Å². The molecule has 0 bridgehead atoms. The summed E-state index contributed by atoms with van der Waals surface area (Å²) in [6.45, 7) is 2.51. The number of sulfone groups is 1. The molecule has 1 aromatic rings. The van der Waals surface area contributed by atoms with E-state index in [0.29, 0.717) is 13.0 Å². The predicted octanol–water partition coefficient (Wildman–Crippen LogP) is 1.75. The normalized spacial score (nSPS) is 25.5. The molecule has 1 saturated heterocycles. The summed E-state index contributed by atoms with van der Waals surface area (Å²) in [5.41, 5.74) is 0.665. The molecular formula is C16H21NO3S. The summed E-state index contributed by atoms with van der Waals surface area (Å²) in [7, 11) is -2.97. The summed E-state index contributed by atoms with van der Waals surface area (Å²) in [4.78, 5) is 14.8. The van der Waals surface area contributed by atoms with Gasteiger partial charge in [-0.15, -0.1) is 0 Å². The second-order valence-corrected chi connectivity index (χ2v) is 8.32. The maximum absolute atomic E-state index is 13.0. The lowest BCUT2D eigenvalue weighted by Gasteiger charge is -2.31. The molecule has 114 valence electrons. The Labute approximate surface area is 126 Å². The number of carbonyl (C=O) groups is 1. The van der Waals surface area contributed by atoms with Gasteiger partial charge in [-0.25, -0.2) is 8.42 Å². The number of amides is 1. The molecule has 1 aromatic carbocycles. The van der Waals surface area contributed by atoms with Crippen LogP contribution < -0.4 is 0 Å². The van der Waals surface area contributed by atoms with Crippen molar-refractivity contribution in [2.24, 2.45) is 0 Å². The van der Waals surface area contributed by atoms with Gasteiger partial charge in [0.05, 0.1) is 16.9 Å². The molecule has 2 aliphatic rings. The van der Waals surface area contributed by atoms with Crippen LogP contribution >= 0.6 is 0 Å². The average molecular weight is 307 g/mol. The highest BCUT2D eigenvalue weighted by Gasteiger charge is 2.54. The highest BCUT2D eigenvalue weighted by atomic mass is 32.2. The van der Waals surface area contributed by atoms with Crippen molar-refractivity contribution in [1.82, 2.24) is 4.90 Å². The molecule has 1 atom stereocenters. The first kappa shape index (κ1) is 14.6. The third kappa shape index (κ3) is 2.59. The maximum Gasteiger partial charge on any atom is 0.233 e. The van der Waals surface area contributed by atoms with Crippen LogP contribution in [0.2, 0.25) is 0 Å². The van der Waals surface area contributed by atoms with Gasteiger partial charge >= 0.3 is 0 Å². The summed E-state index contributed by atoms with van der Waals surface area (Å²) in [5.74, 6) is 0.440. The molecule has 5 heteroatoms. The van der Waals surface area contributed by atoms with Crippen molar-refractivity contribution in [3.63, 3.8) is 0 Å². The molecule has 0 spiro atoms. The first-order chi connectivity index (χ1) is 9.98. The first-order valence-electron chi connectivity index (χ1n) is 7.55. The van der Waals surface area contributed by atoms with E-state index in [9.17, 15) is 13.2 Å². The Balaban J connectivity index is 1.84. The molecule has 21 heavy (non-hydrogen) atoms. The lowest BCUT2D eigenvalue weighted by atomic mass is 9.93. The van der Waals surface area contributed by atoms with Gasteiger partial charge in [0.15, 0.2) is 9.84 Å². The molecule has 0 N–H and O–H groups in total. The van der Waals surface area contributed by atoms with E-state index in [-0.39, 0.29) is 23.5 Å². The molecule has 1 saturated carbocycles. The van der Waals surface area contributed by atoms with Gasteiger partial charge in [0, 0.05) is 12.6 Å². The SMILES string of the molecule is CCN(C(=O)C1(c2ccccc2)CC1)C1CCS(=O)(=O)C1. The van der Waals surface area contributed by atoms with Gasteiger partial charge in [0.1, 0.15) is 0 Å². The van der Waals surface area contributed by atoms with Gasteiger partial charge in [0.25, 0.3) is 0 Å². The molecule has 1 heterocycles. The zero-order valence-electron chi connectivity index (χ0n) is 12.3. The summed E-state index contributed by atoms with van der Waals surface area (Å²) >= 11 is 0. The largest absolute Gasteiger partial charge is 0.338 e. The van der Waals surface area contributed by atoms with Gasteiger partial charge in [-0.1, -0.05) is 30.3 Å². The maximum atomic E-state index is 13.0. The zero-order valence-corrected chi connectivity index (χ0v) is 13.1. The van der Waals surface area contributed by atoms with E-state index in [4.69, 9.17) is 0 Å². The number of benzene rings is 1. The smallest absolute Gasteiger partial charge is 0.233 e. The standard InChI is InChI=1S/C16H21NO3S/c1-2-17(14-8-11-21(19,20)12-14)15(18)16(9-10-16)13-6-4-3-5-7-13/h3-7,14H,2,8-12H2,1H3. The lowest BCUT2D eigenvalue weighted by molar-refractivity contribution is -0.135. The van der Waals surface area contributed by atoms with Crippen molar-refractivity contribution in [3.05, 3.63) is 35.9 Å². The van der Waals surface area contributed by atoms with E-state index in [1.165, 1.54) is 0 Å². The molecule has 1 aliphatic heterocycles. The molecule has 0 aromatic heterocycles. The molecule has 0 radical (unpaired) electrons. The highest BCUT2D eigenvalue weighted by Crippen LogP contribution is 2.50. The third-order valence-electron chi connectivity index (χ3n) is 4.74. The van der Waals surface area contributed by atoms with E-state index < -0.39 is 15.3 Å². The molecule has 4 nitrogen and oxygen atoms in total. The van der Waals surface area contributed by atoms with Crippen LogP contribution in [-0.2, 0) is 20.0 Å². The van der Waals surface area contributed by atoms with Crippen molar-refractivity contribution in [3.8, 4) is 0 Å². The van der Waals surface area contributed by atoms with Gasteiger partial charge in [0.2, 0.25) is 5.91 Å². The van der Waals surface area contributed by atoms with E-state index in [1.807, 2.05) is 37.3 Å². The fourth-order valence-electron chi connectivity index (χ4n) is 3.37. The van der Waals surface area contributed by atoms with Gasteiger partial charge in [-0.2, -0.15) is 0 Å². The van der Waals surface area contributed by atoms with Crippen LogP contribution in [0.15, 0.2) is 30.3 Å². The second-order valence-electron chi connectivity index (χ2n) is 6.10. The van der Waals surface area contributed by atoms with Crippen LogP contribution in [0.1, 0.15) is 31.7 Å². The van der Waals surface area contributed by atoms with Crippen molar-refractivity contribution in [2.45, 2.75) is 37.6 Å². The van der Waals surface area contributed by atoms with Crippen molar-refractivity contribution in [2.75, 3.05) is 18.1 Å². The van der Waals surface area contributed by atoms with Crippen LogP contribution in [0, 0.1) is 0 Å². The third-order valence-corrected chi connectivity index (χ3v) is 6.49. The topological polar surface area (TPSA) is 54.5 Å². The van der Waals surface area contributed by atoms with E-state index >= 15 is 0 Å². The monoisotopic (exact) mass is 307 g/mol. The Hall–Kier alpha value is -1.36. The fourth-order valence-corrected chi connectivity index (χ4v) is 5.10. The van der Waals surface area contributed by atoms with Crippen LogP contribution in [0.3, 0.4) is 0 Å². The van der Waals surface area contributed by atoms with Gasteiger partial charge < -0.3 is 4.90 Å². The minimum Gasteiger partial charge on any atom is -0.338 e. The quantitative estimate of drug-likeness (QED) is 0.851. The number of rotatable bonds is 4. The van der Waals surface area contributed by atoms with E-state index in [0.717, 1.165) is 18.4 Å². The first-order valence-corrected chi connectivity index (χ1v) is 9.38. The van der Waals surface area contributed by atoms with Crippen molar-refractivity contribution >= 4 is 15.7 Å². The Morgan fingerprint density at radius 3 is 2.43 bits per heavy atom. The van der Waals surface area contributed by atoms with Gasteiger partial charge in [-0.3, -0.25) is 4.79 Å². The van der Waals surface area contributed by atoms with E-state index in [1.54, 1.807) is 4.90 Å². The highest BCUT2D eigenvalue weighted by molar-refractivity contribution is 7.91. The second kappa shape index (κ2) is 5.13. The van der Waals surface area contributed by atoms with E-state index in [2.05, 4.69) is 0 Å². The number of carbonyl (C=O) groups excluding carboxylic acids is 1. The lowest BCUT2D eigenvalue weighted by Crippen LogP contribution is -2.46. The Bertz CT molecular complexity index is 635. The molecule has 1 amide bonds. The number of nitrogens with zero attached hydrogens (tertiary/aromatic N) is 1. The van der Waals surface area contributed by atoms with Crippen molar-refractivity contribution in [1.29, 1.82) is 0 Å².